The number of Topliss-reactive ketones (excluding diaryl/α,β-unsaturated/α-hetero) is 1. The van der Waals surface area contributed by atoms with Gasteiger partial charge in [0.05, 0.1) is 27.2 Å². The summed E-state index contributed by atoms with van der Waals surface area (Å²) in [5.41, 5.74) is 2.21. The highest BCUT2D eigenvalue weighted by Crippen LogP contribution is 2.48. The third-order valence-electron chi connectivity index (χ3n) is 7.50. The zero-order valence-corrected chi connectivity index (χ0v) is 28.8. The molecule has 5 rings (SSSR count). The van der Waals surface area contributed by atoms with Gasteiger partial charge < -0.3 is 10.2 Å². The number of ketones is 1. The fourth-order valence-corrected chi connectivity index (χ4v) is 7.95. The number of aliphatic hydroxyl groups is 1. The number of halogens is 1. The standard InChI is InChI=1S/C33H35FN4O4S3/c1-16-28(44-17(2)35-16)26(40)23-24(19-13-21(32(3,4)5)25(39)22(14-19)33(6,7)8)38(29(42)27(23)41)30-36-37-31(45-30)43-15-18-9-11-20(34)12-10-18/h9-14,24,39,41H,15H2,1-8H3. The number of phenols is 1. The van der Waals surface area contributed by atoms with E-state index < -0.39 is 34.3 Å². The number of anilines is 1. The smallest absolute Gasteiger partial charge is 0.296 e. The van der Waals surface area contributed by atoms with Crippen molar-refractivity contribution in [2.45, 2.75) is 82.4 Å². The first-order valence-electron chi connectivity index (χ1n) is 14.3. The highest BCUT2D eigenvalue weighted by molar-refractivity contribution is 8.00. The van der Waals surface area contributed by atoms with E-state index in [2.05, 4.69) is 15.2 Å². The van der Waals surface area contributed by atoms with Crippen LogP contribution in [0.15, 0.2) is 52.1 Å². The molecule has 0 spiro atoms. The summed E-state index contributed by atoms with van der Waals surface area (Å²) in [6.07, 6.45) is 0. The zero-order chi connectivity index (χ0) is 33.0. The molecule has 45 heavy (non-hydrogen) atoms. The Hall–Kier alpha value is -3.61. The van der Waals surface area contributed by atoms with Crippen molar-refractivity contribution >= 4 is 51.3 Å². The van der Waals surface area contributed by atoms with Crippen LogP contribution in [0.25, 0.3) is 0 Å². The van der Waals surface area contributed by atoms with Gasteiger partial charge in [-0.25, -0.2) is 9.37 Å². The number of hydrogen-bond donors (Lipinski definition) is 2. The number of thioether (sulfide) groups is 1. The summed E-state index contributed by atoms with van der Waals surface area (Å²) in [7, 11) is 0. The molecule has 0 bridgehead atoms. The topological polar surface area (TPSA) is 117 Å². The normalized spacial score (nSPS) is 15.8. The van der Waals surface area contributed by atoms with E-state index in [4.69, 9.17) is 0 Å². The lowest BCUT2D eigenvalue weighted by atomic mass is 9.77. The van der Waals surface area contributed by atoms with Gasteiger partial charge in [0.2, 0.25) is 10.9 Å². The summed E-state index contributed by atoms with van der Waals surface area (Å²) in [6.45, 7) is 15.4. The van der Waals surface area contributed by atoms with Crippen LogP contribution in [-0.4, -0.2) is 37.1 Å². The van der Waals surface area contributed by atoms with E-state index >= 15 is 0 Å². The fourth-order valence-electron chi connectivity index (χ4n) is 5.26. The van der Waals surface area contributed by atoms with Crippen molar-refractivity contribution in [2.24, 2.45) is 0 Å². The Morgan fingerprint density at radius 2 is 1.58 bits per heavy atom. The van der Waals surface area contributed by atoms with E-state index in [1.54, 1.807) is 38.1 Å². The van der Waals surface area contributed by atoms with Crippen LogP contribution in [0.4, 0.5) is 9.52 Å². The summed E-state index contributed by atoms with van der Waals surface area (Å²) in [5, 5.41) is 32.3. The largest absolute Gasteiger partial charge is 0.507 e. The number of nitrogens with zero attached hydrogens (tertiary/aromatic N) is 4. The molecule has 0 saturated carbocycles. The Morgan fingerprint density at radius 3 is 2.11 bits per heavy atom. The maximum absolute atomic E-state index is 14.2. The number of rotatable bonds is 7. The number of phenolic OH excluding ortho intramolecular Hbond substituents is 1. The molecule has 0 aliphatic carbocycles. The first-order valence-corrected chi connectivity index (χ1v) is 16.9. The number of amides is 1. The maximum Gasteiger partial charge on any atom is 0.296 e. The van der Waals surface area contributed by atoms with Gasteiger partial charge in [0.15, 0.2) is 10.1 Å². The van der Waals surface area contributed by atoms with Gasteiger partial charge in [0.25, 0.3) is 5.91 Å². The lowest BCUT2D eigenvalue weighted by Crippen LogP contribution is -2.31. The molecule has 236 valence electrons. The number of thiazole rings is 1. The zero-order valence-electron chi connectivity index (χ0n) is 26.4. The number of carbonyl (C=O) groups is 2. The number of hydrogen-bond acceptors (Lipinski definition) is 10. The first-order chi connectivity index (χ1) is 21.0. The number of benzene rings is 2. The fraction of sp³-hybridized carbons (Fsp3) is 0.364. The van der Waals surface area contributed by atoms with Gasteiger partial charge in [0, 0.05) is 5.75 Å². The third-order valence-corrected chi connectivity index (χ3v) is 10.7. The maximum atomic E-state index is 14.2. The van der Waals surface area contributed by atoms with Crippen LogP contribution in [0.3, 0.4) is 0 Å². The molecule has 1 unspecified atom stereocenters. The molecule has 3 heterocycles. The van der Waals surface area contributed by atoms with E-state index in [1.165, 1.54) is 40.1 Å². The molecule has 8 nitrogen and oxygen atoms in total. The molecule has 1 aliphatic heterocycles. The summed E-state index contributed by atoms with van der Waals surface area (Å²) >= 11 is 3.75. The van der Waals surface area contributed by atoms with Gasteiger partial charge in [-0.1, -0.05) is 76.8 Å². The molecule has 0 radical (unpaired) electrons. The monoisotopic (exact) mass is 666 g/mol. The molecule has 2 aromatic carbocycles. The Bertz CT molecular complexity index is 1800. The Balaban J connectivity index is 1.65. The molecule has 1 atom stereocenters. The van der Waals surface area contributed by atoms with Crippen molar-refractivity contribution in [3.05, 3.63) is 91.4 Å². The average molecular weight is 667 g/mol. The number of aromatic hydroxyl groups is 1. The van der Waals surface area contributed by atoms with Crippen molar-refractivity contribution in [1.29, 1.82) is 0 Å². The SMILES string of the molecule is Cc1nc(C)c(C(=O)C2=C(O)C(=O)N(c3nnc(SCc4ccc(F)cc4)s3)C2c2cc(C(C)(C)C)c(O)c(C(C)(C)C)c2)s1. The van der Waals surface area contributed by atoms with Gasteiger partial charge in [-0.15, -0.1) is 21.5 Å². The second-order valence-electron chi connectivity index (χ2n) is 13.0. The number of aliphatic hydroxyl groups excluding tert-OH is 1. The lowest BCUT2D eigenvalue weighted by molar-refractivity contribution is -0.117. The van der Waals surface area contributed by atoms with Crippen molar-refractivity contribution in [2.75, 3.05) is 4.90 Å². The van der Waals surface area contributed by atoms with Crippen molar-refractivity contribution in [1.82, 2.24) is 15.2 Å². The minimum atomic E-state index is -1.04. The summed E-state index contributed by atoms with van der Waals surface area (Å²) in [6, 6.07) is 8.73. The van der Waals surface area contributed by atoms with Gasteiger partial charge in [-0.05, 0) is 71.2 Å². The minimum Gasteiger partial charge on any atom is -0.507 e. The molecule has 12 heteroatoms. The molecule has 2 N–H and O–H groups in total. The minimum absolute atomic E-state index is 0.0760. The van der Waals surface area contributed by atoms with Crippen LogP contribution >= 0.6 is 34.4 Å². The van der Waals surface area contributed by atoms with E-state index in [0.29, 0.717) is 42.4 Å². The molecule has 0 saturated heterocycles. The summed E-state index contributed by atoms with van der Waals surface area (Å²) in [5.74, 6) is -1.58. The Morgan fingerprint density at radius 1 is 0.978 bits per heavy atom. The average Bonchev–Trinajstić information content (AvgIpc) is 3.62. The lowest BCUT2D eigenvalue weighted by Gasteiger charge is -2.31. The van der Waals surface area contributed by atoms with Gasteiger partial charge in [0.1, 0.15) is 11.6 Å². The predicted molar refractivity (Wildman–Crippen MR) is 177 cm³/mol. The Kier molecular flexibility index (Phi) is 8.71. The molecule has 1 amide bonds. The molecule has 2 aromatic heterocycles. The Labute approximate surface area is 274 Å². The van der Waals surface area contributed by atoms with Crippen molar-refractivity contribution in [3.8, 4) is 5.75 Å². The molecule has 1 aliphatic rings. The highest BCUT2D eigenvalue weighted by Gasteiger charge is 2.47. The molecular weight excluding hydrogens is 632 g/mol. The van der Waals surface area contributed by atoms with Gasteiger partial charge >= 0.3 is 0 Å². The van der Waals surface area contributed by atoms with Crippen LogP contribution in [0.2, 0.25) is 0 Å². The summed E-state index contributed by atoms with van der Waals surface area (Å²) in [4.78, 5) is 34.1. The highest BCUT2D eigenvalue weighted by atomic mass is 32.2. The van der Waals surface area contributed by atoms with E-state index in [-0.39, 0.29) is 22.3 Å². The van der Waals surface area contributed by atoms with Crippen LogP contribution in [0.1, 0.15) is 90.2 Å². The number of aryl methyl sites for hydroxylation is 2. The number of carbonyl (C=O) groups excluding carboxylic acids is 2. The quantitative estimate of drug-likeness (QED) is 0.115. The molecule has 4 aromatic rings. The van der Waals surface area contributed by atoms with Crippen LogP contribution in [-0.2, 0) is 21.4 Å². The number of aromatic nitrogens is 3. The van der Waals surface area contributed by atoms with E-state index in [1.807, 2.05) is 41.5 Å². The van der Waals surface area contributed by atoms with Gasteiger partial charge in [-0.3, -0.25) is 14.5 Å². The van der Waals surface area contributed by atoms with Crippen LogP contribution in [0.5, 0.6) is 5.75 Å². The summed E-state index contributed by atoms with van der Waals surface area (Å²) < 4.78 is 13.9. The second kappa shape index (κ2) is 12.0. The molecular formula is C33H35FN4O4S3. The van der Waals surface area contributed by atoms with Crippen LogP contribution < -0.4 is 4.90 Å². The van der Waals surface area contributed by atoms with Crippen LogP contribution in [0, 0.1) is 19.7 Å². The van der Waals surface area contributed by atoms with E-state index in [0.717, 1.165) is 16.9 Å². The van der Waals surface area contributed by atoms with E-state index in [9.17, 15) is 24.2 Å². The molecule has 0 fully saturated rings. The first kappa shape index (κ1) is 32.8. The van der Waals surface area contributed by atoms with Crippen molar-refractivity contribution in [3.63, 3.8) is 0 Å². The van der Waals surface area contributed by atoms with Crippen molar-refractivity contribution < 1.29 is 24.2 Å². The second-order valence-corrected chi connectivity index (χ2v) is 16.4. The predicted octanol–water partition coefficient (Wildman–Crippen LogP) is 8.13. The van der Waals surface area contributed by atoms with Gasteiger partial charge in [-0.2, -0.15) is 0 Å². The third kappa shape index (κ3) is 6.41.